The van der Waals surface area contributed by atoms with Crippen LogP contribution >= 0.6 is 0 Å². The van der Waals surface area contributed by atoms with E-state index in [1.54, 1.807) is 19.2 Å². The molecule has 0 saturated carbocycles. The molecule has 0 radical (unpaired) electrons. The Bertz CT molecular complexity index is 922. The van der Waals surface area contributed by atoms with Gasteiger partial charge >= 0.3 is 0 Å². The molecule has 1 aliphatic rings. The number of aromatic amines is 1. The average Bonchev–Trinajstić information content (AvgIpc) is 3.03. The molecule has 1 atom stereocenters. The monoisotopic (exact) mass is 339 g/mol. The van der Waals surface area contributed by atoms with Crippen molar-refractivity contribution in [2.75, 3.05) is 19.0 Å². The molecule has 0 saturated heterocycles. The first-order valence-corrected chi connectivity index (χ1v) is 7.90. The molecule has 0 aliphatic carbocycles. The van der Waals surface area contributed by atoms with E-state index in [0.717, 1.165) is 16.9 Å². The Morgan fingerprint density at radius 3 is 3.00 bits per heavy atom. The molecule has 0 fully saturated rings. The van der Waals surface area contributed by atoms with Crippen LogP contribution in [-0.4, -0.2) is 35.7 Å². The van der Waals surface area contributed by atoms with Crippen molar-refractivity contribution >= 4 is 22.6 Å². The van der Waals surface area contributed by atoms with Crippen molar-refractivity contribution in [3.05, 3.63) is 48.3 Å². The highest BCUT2D eigenvalue weighted by Gasteiger charge is 2.27. The molecule has 25 heavy (non-hydrogen) atoms. The Morgan fingerprint density at radius 2 is 2.16 bits per heavy atom. The zero-order chi connectivity index (χ0) is 17.2. The minimum absolute atomic E-state index is 0.174. The first-order chi connectivity index (χ1) is 12.2. The summed E-state index contributed by atoms with van der Waals surface area (Å²) in [6, 6.07) is 12.8. The fraction of sp³-hybridized carbons (Fsp3) is 0.222. The smallest absolute Gasteiger partial charge is 0.269 e. The lowest BCUT2D eigenvalue weighted by molar-refractivity contribution is -0.125. The van der Waals surface area contributed by atoms with Gasteiger partial charge in [0, 0.05) is 12.8 Å². The van der Waals surface area contributed by atoms with Crippen molar-refractivity contribution in [1.82, 2.24) is 9.97 Å². The van der Waals surface area contributed by atoms with Crippen LogP contribution in [0.5, 0.6) is 11.5 Å². The summed E-state index contributed by atoms with van der Waals surface area (Å²) in [5.74, 6) is 1.70. The predicted octanol–water partition coefficient (Wildman–Crippen LogP) is 2.49. The van der Waals surface area contributed by atoms with Gasteiger partial charge in [-0.3, -0.25) is 4.79 Å². The van der Waals surface area contributed by atoms with Crippen molar-refractivity contribution < 1.29 is 19.0 Å². The second-order valence-corrected chi connectivity index (χ2v) is 5.70. The number of methoxy groups -OCH3 is 1. The lowest BCUT2D eigenvalue weighted by Crippen LogP contribution is -2.40. The maximum absolute atomic E-state index is 12.5. The molecule has 7 nitrogen and oxygen atoms in total. The van der Waals surface area contributed by atoms with Crippen molar-refractivity contribution in [3.63, 3.8) is 0 Å². The van der Waals surface area contributed by atoms with Crippen LogP contribution < -0.4 is 14.8 Å². The summed E-state index contributed by atoms with van der Waals surface area (Å²) in [5, 5.41) is 2.85. The van der Waals surface area contributed by atoms with Gasteiger partial charge in [0.05, 0.1) is 11.0 Å². The largest absolute Gasteiger partial charge is 0.485 e. The zero-order valence-corrected chi connectivity index (χ0v) is 13.6. The van der Waals surface area contributed by atoms with Crippen molar-refractivity contribution in [1.29, 1.82) is 0 Å². The molecule has 1 aromatic heterocycles. The number of ether oxygens (including phenoxy) is 3. The molecule has 2 N–H and O–H groups in total. The number of benzene rings is 2. The SMILES string of the molecule is COCc1nc2ccc(NC(=O)[C@@H]3COc4ccccc4O3)cc2[nH]1. The van der Waals surface area contributed by atoms with Crippen LogP contribution in [0.4, 0.5) is 5.69 Å². The topological polar surface area (TPSA) is 85.5 Å². The predicted molar refractivity (Wildman–Crippen MR) is 91.8 cm³/mol. The molecular formula is C18H17N3O4. The van der Waals surface area contributed by atoms with Crippen LogP contribution in [-0.2, 0) is 16.1 Å². The van der Waals surface area contributed by atoms with E-state index >= 15 is 0 Å². The Morgan fingerprint density at radius 1 is 1.32 bits per heavy atom. The summed E-state index contributed by atoms with van der Waals surface area (Å²) in [7, 11) is 1.61. The number of carbonyl (C=O) groups is 1. The molecule has 1 aliphatic heterocycles. The molecule has 1 amide bonds. The van der Waals surface area contributed by atoms with Gasteiger partial charge in [0.2, 0.25) is 6.10 Å². The van der Waals surface area contributed by atoms with Crippen molar-refractivity contribution in [2.24, 2.45) is 0 Å². The van der Waals surface area contributed by atoms with Gasteiger partial charge in [-0.2, -0.15) is 0 Å². The number of para-hydroxylation sites is 2. The third kappa shape index (κ3) is 3.14. The van der Waals surface area contributed by atoms with Gasteiger partial charge in [0.25, 0.3) is 5.91 Å². The summed E-state index contributed by atoms with van der Waals surface area (Å²) < 4.78 is 16.4. The van der Waals surface area contributed by atoms with Crippen LogP contribution in [0.2, 0.25) is 0 Å². The van der Waals surface area contributed by atoms with Crippen LogP contribution in [0.15, 0.2) is 42.5 Å². The van der Waals surface area contributed by atoms with Crippen molar-refractivity contribution in [2.45, 2.75) is 12.7 Å². The Kier molecular flexibility index (Phi) is 3.99. The van der Waals surface area contributed by atoms with Gasteiger partial charge in [-0.1, -0.05) is 12.1 Å². The standard InChI is InChI=1S/C18H17N3O4/c1-23-10-17-20-12-7-6-11(8-13(12)21-17)19-18(22)16-9-24-14-4-2-3-5-15(14)25-16/h2-8,16H,9-10H2,1H3,(H,19,22)(H,20,21)/t16-/m0/s1. The second-order valence-electron chi connectivity index (χ2n) is 5.70. The summed E-state index contributed by atoms with van der Waals surface area (Å²) in [5.41, 5.74) is 2.31. The molecule has 0 unspecified atom stereocenters. The Labute approximate surface area is 143 Å². The number of nitrogens with one attached hydrogen (secondary N) is 2. The van der Waals surface area contributed by atoms with E-state index in [2.05, 4.69) is 15.3 Å². The number of hydrogen-bond acceptors (Lipinski definition) is 5. The second kappa shape index (κ2) is 6.45. The number of aromatic nitrogens is 2. The van der Waals surface area contributed by atoms with E-state index in [-0.39, 0.29) is 12.5 Å². The number of fused-ring (bicyclic) bond motifs is 2. The highest BCUT2D eigenvalue weighted by Crippen LogP contribution is 2.31. The number of hydrogen-bond donors (Lipinski definition) is 2. The summed E-state index contributed by atoms with van der Waals surface area (Å²) >= 11 is 0. The average molecular weight is 339 g/mol. The molecule has 3 aromatic rings. The third-order valence-corrected chi connectivity index (χ3v) is 3.88. The number of anilines is 1. The van der Waals surface area contributed by atoms with Crippen LogP contribution in [0.25, 0.3) is 11.0 Å². The quantitative estimate of drug-likeness (QED) is 0.763. The normalized spacial score (nSPS) is 16.0. The number of carbonyl (C=O) groups excluding carboxylic acids is 1. The van der Waals surface area contributed by atoms with E-state index in [1.807, 2.05) is 30.3 Å². The summed E-state index contributed by atoms with van der Waals surface area (Å²) in [4.78, 5) is 20.0. The number of rotatable bonds is 4. The zero-order valence-electron chi connectivity index (χ0n) is 13.6. The van der Waals surface area contributed by atoms with E-state index < -0.39 is 6.10 Å². The molecule has 0 spiro atoms. The first kappa shape index (κ1) is 15.5. The van der Waals surface area contributed by atoms with Crippen LogP contribution in [0.1, 0.15) is 5.82 Å². The van der Waals surface area contributed by atoms with Gasteiger partial charge in [-0.15, -0.1) is 0 Å². The first-order valence-electron chi connectivity index (χ1n) is 7.90. The molecule has 2 heterocycles. The number of nitrogens with zero attached hydrogens (tertiary/aromatic N) is 1. The number of imidazole rings is 1. The maximum Gasteiger partial charge on any atom is 0.269 e. The van der Waals surface area contributed by atoms with Gasteiger partial charge in [0.15, 0.2) is 11.5 Å². The Hall–Kier alpha value is -3.06. The van der Waals surface area contributed by atoms with Gasteiger partial charge < -0.3 is 24.5 Å². The maximum atomic E-state index is 12.5. The fourth-order valence-corrected chi connectivity index (χ4v) is 2.72. The van der Waals surface area contributed by atoms with Crippen molar-refractivity contribution in [3.8, 4) is 11.5 Å². The molecule has 0 bridgehead atoms. The minimum atomic E-state index is -0.698. The number of amides is 1. The van der Waals surface area contributed by atoms with Gasteiger partial charge in [0.1, 0.15) is 19.0 Å². The Balaban J connectivity index is 1.48. The lowest BCUT2D eigenvalue weighted by atomic mass is 10.2. The highest BCUT2D eigenvalue weighted by atomic mass is 16.6. The van der Waals surface area contributed by atoms with E-state index in [1.165, 1.54) is 0 Å². The van der Waals surface area contributed by atoms with Gasteiger partial charge in [-0.25, -0.2) is 4.98 Å². The highest BCUT2D eigenvalue weighted by molar-refractivity contribution is 5.96. The summed E-state index contributed by atoms with van der Waals surface area (Å²) in [6.07, 6.45) is -0.698. The third-order valence-electron chi connectivity index (χ3n) is 3.88. The fourth-order valence-electron chi connectivity index (χ4n) is 2.72. The minimum Gasteiger partial charge on any atom is -0.485 e. The molecule has 7 heteroatoms. The lowest BCUT2D eigenvalue weighted by Gasteiger charge is -2.25. The molecular weight excluding hydrogens is 322 g/mol. The van der Waals surface area contributed by atoms with E-state index in [9.17, 15) is 4.79 Å². The van der Waals surface area contributed by atoms with Gasteiger partial charge in [-0.05, 0) is 30.3 Å². The van der Waals surface area contributed by atoms with Crippen LogP contribution in [0.3, 0.4) is 0 Å². The van der Waals surface area contributed by atoms with E-state index in [4.69, 9.17) is 14.2 Å². The molecule has 4 rings (SSSR count). The molecule has 2 aromatic carbocycles. The summed E-state index contributed by atoms with van der Waals surface area (Å²) in [6.45, 7) is 0.580. The number of H-pyrrole nitrogens is 1. The molecule has 128 valence electrons. The van der Waals surface area contributed by atoms with E-state index in [0.29, 0.717) is 23.8 Å². The van der Waals surface area contributed by atoms with Crippen LogP contribution in [0, 0.1) is 0 Å².